The molecule has 0 aliphatic carbocycles. The lowest BCUT2D eigenvalue weighted by atomic mass is 9.81. The van der Waals surface area contributed by atoms with Crippen molar-refractivity contribution in [3.63, 3.8) is 0 Å². The van der Waals surface area contributed by atoms with Gasteiger partial charge >= 0.3 is 7.12 Å². The van der Waals surface area contributed by atoms with Gasteiger partial charge in [-0.1, -0.05) is 42.5 Å². The van der Waals surface area contributed by atoms with Gasteiger partial charge in [0.2, 0.25) is 6.79 Å². The lowest BCUT2D eigenvalue weighted by Crippen LogP contribution is -2.29. The van der Waals surface area contributed by atoms with Crippen molar-refractivity contribution in [2.45, 2.75) is 0 Å². The Morgan fingerprint density at radius 1 is 0.778 bits per heavy atom. The van der Waals surface area contributed by atoms with Crippen molar-refractivity contribution in [3.05, 3.63) is 54.6 Å². The van der Waals surface area contributed by atoms with Gasteiger partial charge in [-0.25, -0.2) is 0 Å². The molecular weight excluding hydrogens is 231 g/mol. The molecule has 0 unspecified atom stereocenters. The van der Waals surface area contributed by atoms with Gasteiger partial charge in [0.15, 0.2) is 11.5 Å². The molecule has 0 saturated carbocycles. The van der Waals surface area contributed by atoms with E-state index in [0.29, 0.717) is 12.3 Å². The van der Waals surface area contributed by atoms with Gasteiger partial charge in [-0.2, -0.15) is 0 Å². The first kappa shape index (κ1) is 12.5. The van der Waals surface area contributed by atoms with E-state index in [0.717, 1.165) is 11.5 Å². The predicted octanol–water partition coefficient (Wildman–Crippen LogP) is 0.782. The van der Waals surface area contributed by atoms with Gasteiger partial charge in [-0.3, -0.25) is 0 Å². The molecule has 0 fully saturated rings. The summed E-state index contributed by atoms with van der Waals surface area (Å²) in [6.45, 7) is 0.360. The molecule has 1 aliphatic rings. The van der Waals surface area contributed by atoms with Crippen LogP contribution in [0.2, 0.25) is 0 Å². The summed E-state index contributed by atoms with van der Waals surface area (Å²) < 4.78 is 10.2. The summed E-state index contributed by atoms with van der Waals surface area (Å²) in [5.74, 6) is 1.69. The lowest BCUT2D eigenvalue weighted by Gasteiger charge is -1.94. The van der Waals surface area contributed by atoms with Crippen molar-refractivity contribution in [2.75, 3.05) is 6.79 Å². The van der Waals surface area contributed by atoms with Crippen LogP contribution < -0.4 is 14.9 Å². The molecule has 0 atom stereocenters. The molecule has 5 heteroatoms. The third-order valence-corrected chi connectivity index (χ3v) is 2.38. The van der Waals surface area contributed by atoms with E-state index in [1.165, 1.54) is 0 Å². The molecule has 3 rings (SSSR count). The summed E-state index contributed by atoms with van der Waals surface area (Å²) in [6.07, 6.45) is 0. The fourth-order valence-electron chi connectivity index (χ4n) is 1.47. The van der Waals surface area contributed by atoms with Crippen molar-refractivity contribution in [3.8, 4) is 11.5 Å². The Labute approximate surface area is 106 Å². The van der Waals surface area contributed by atoms with Crippen molar-refractivity contribution >= 4 is 12.6 Å². The molecule has 0 spiro atoms. The number of benzene rings is 2. The van der Waals surface area contributed by atoms with Crippen molar-refractivity contribution < 1.29 is 19.5 Å². The normalized spacial score (nSPS) is 11.4. The second-order valence-electron chi connectivity index (χ2n) is 3.64. The molecule has 4 nitrogen and oxygen atoms in total. The van der Waals surface area contributed by atoms with E-state index < -0.39 is 7.12 Å². The Kier molecular flexibility index (Phi) is 4.22. The van der Waals surface area contributed by atoms with Gasteiger partial charge in [-0.05, 0) is 17.6 Å². The molecule has 0 radical (unpaired) electrons. The monoisotopic (exact) mass is 244 g/mol. The van der Waals surface area contributed by atoms with Crippen LogP contribution in [-0.4, -0.2) is 24.0 Å². The van der Waals surface area contributed by atoms with Gasteiger partial charge in [0.1, 0.15) is 0 Å². The largest absolute Gasteiger partial charge is 0.488 e. The zero-order valence-corrected chi connectivity index (χ0v) is 9.69. The number of hydrogen-bond acceptors (Lipinski definition) is 4. The second-order valence-corrected chi connectivity index (χ2v) is 3.64. The molecule has 1 heterocycles. The molecule has 0 amide bonds. The van der Waals surface area contributed by atoms with E-state index >= 15 is 0 Å². The number of para-hydroxylation sites is 2. The Morgan fingerprint density at radius 3 is 1.72 bits per heavy atom. The maximum Gasteiger partial charge on any atom is 0.488 e. The minimum Gasteiger partial charge on any atom is -0.454 e. The van der Waals surface area contributed by atoms with Crippen LogP contribution in [-0.2, 0) is 0 Å². The zero-order valence-electron chi connectivity index (χ0n) is 9.69. The topological polar surface area (TPSA) is 58.9 Å². The van der Waals surface area contributed by atoms with Crippen LogP contribution in [0.1, 0.15) is 0 Å². The highest BCUT2D eigenvalue weighted by Crippen LogP contribution is 2.30. The maximum absolute atomic E-state index is 8.58. The number of fused-ring (bicyclic) bond motifs is 1. The summed E-state index contributed by atoms with van der Waals surface area (Å²) in [4.78, 5) is 0. The number of rotatable bonds is 1. The minimum absolute atomic E-state index is 0.360. The van der Waals surface area contributed by atoms with Crippen LogP contribution in [0, 0.1) is 0 Å². The third-order valence-electron chi connectivity index (χ3n) is 2.38. The highest BCUT2D eigenvalue weighted by molar-refractivity contribution is 6.58. The van der Waals surface area contributed by atoms with Gasteiger partial charge in [0.05, 0.1) is 0 Å². The number of ether oxygens (including phenoxy) is 2. The van der Waals surface area contributed by atoms with E-state index in [1.54, 1.807) is 24.3 Å². The van der Waals surface area contributed by atoms with Crippen molar-refractivity contribution in [1.29, 1.82) is 0 Å². The quantitative estimate of drug-likeness (QED) is 0.728. The highest BCUT2D eigenvalue weighted by atomic mass is 16.7. The Hall–Kier alpha value is -1.98. The maximum atomic E-state index is 8.58. The van der Waals surface area contributed by atoms with Crippen LogP contribution in [0.25, 0.3) is 0 Å². The smallest absolute Gasteiger partial charge is 0.454 e. The summed E-state index contributed by atoms with van der Waals surface area (Å²) in [5.41, 5.74) is 0.525. The second kappa shape index (κ2) is 6.09. The molecule has 92 valence electrons. The molecule has 1 aliphatic heterocycles. The van der Waals surface area contributed by atoms with Gasteiger partial charge in [0, 0.05) is 0 Å². The Balaban J connectivity index is 0.000000134. The Bertz CT molecular complexity index is 464. The van der Waals surface area contributed by atoms with E-state index in [4.69, 9.17) is 19.5 Å². The van der Waals surface area contributed by atoms with Gasteiger partial charge in [0.25, 0.3) is 0 Å². The predicted molar refractivity (Wildman–Crippen MR) is 68.8 cm³/mol. The van der Waals surface area contributed by atoms with E-state index in [2.05, 4.69) is 0 Å². The lowest BCUT2D eigenvalue weighted by molar-refractivity contribution is 0.174. The summed E-state index contributed by atoms with van der Waals surface area (Å²) in [5, 5.41) is 17.2. The number of hydrogen-bond donors (Lipinski definition) is 2. The van der Waals surface area contributed by atoms with Crippen LogP contribution in [0.3, 0.4) is 0 Å². The standard InChI is InChI=1S/C7H6O2.C6H7BO2/c1-2-4-7-6(3-1)8-5-9-7;8-7(9)6-4-2-1-3-5-6/h1-4H,5H2;1-5,8-9H. The fraction of sp³-hybridized carbons (Fsp3) is 0.0769. The van der Waals surface area contributed by atoms with E-state index in [9.17, 15) is 0 Å². The fourth-order valence-corrected chi connectivity index (χ4v) is 1.47. The zero-order chi connectivity index (χ0) is 12.8. The first-order chi connectivity index (χ1) is 8.77. The highest BCUT2D eigenvalue weighted by Gasteiger charge is 2.09. The average molecular weight is 244 g/mol. The Morgan fingerprint density at radius 2 is 1.28 bits per heavy atom. The molecule has 0 bridgehead atoms. The molecule has 18 heavy (non-hydrogen) atoms. The molecule has 0 aromatic heterocycles. The molecule has 0 saturated heterocycles. The van der Waals surface area contributed by atoms with Crippen molar-refractivity contribution in [1.82, 2.24) is 0 Å². The van der Waals surface area contributed by atoms with Crippen LogP contribution >= 0.6 is 0 Å². The van der Waals surface area contributed by atoms with Crippen LogP contribution in [0.5, 0.6) is 11.5 Å². The molecule has 2 N–H and O–H groups in total. The summed E-state index contributed by atoms with van der Waals surface area (Å²) in [6, 6.07) is 16.3. The average Bonchev–Trinajstić information content (AvgIpc) is 2.89. The first-order valence-electron chi connectivity index (χ1n) is 5.53. The summed E-state index contributed by atoms with van der Waals surface area (Å²) >= 11 is 0. The van der Waals surface area contributed by atoms with E-state index in [1.807, 2.05) is 30.3 Å². The van der Waals surface area contributed by atoms with E-state index in [-0.39, 0.29) is 0 Å². The SMILES string of the molecule is OB(O)c1ccccc1.c1ccc2c(c1)OCO2. The van der Waals surface area contributed by atoms with Gasteiger partial charge < -0.3 is 19.5 Å². The van der Waals surface area contributed by atoms with Crippen LogP contribution in [0.15, 0.2) is 54.6 Å². The van der Waals surface area contributed by atoms with Gasteiger partial charge in [-0.15, -0.1) is 0 Å². The third kappa shape index (κ3) is 3.26. The first-order valence-corrected chi connectivity index (χ1v) is 5.53. The minimum atomic E-state index is -1.34. The van der Waals surface area contributed by atoms with Crippen molar-refractivity contribution in [2.24, 2.45) is 0 Å². The molecule has 2 aromatic carbocycles. The summed E-state index contributed by atoms with van der Waals surface area (Å²) in [7, 11) is -1.34. The van der Waals surface area contributed by atoms with Crippen LogP contribution in [0.4, 0.5) is 0 Å². The molecule has 2 aromatic rings. The molecular formula is C13H13BO4.